The number of rotatable bonds is 6. The molecule has 1 N–H and O–H groups in total. The molecule has 16 heavy (non-hydrogen) atoms. The Hall–Kier alpha value is -0.170. The number of thioether (sulfide) groups is 1. The van der Waals surface area contributed by atoms with Gasteiger partial charge >= 0.3 is 6.09 Å². The Morgan fingerprint density at radius 2 is 2.25 bits per heavy atom. The molecule has 0 aromatic heterocycles. The maximum Gasteiger partial charge on any atom is 0.433 e. The fourth-order valence-corrected chi connectivity index (χ4v) is 2.52. The second-order valence-electron chi connectivity index (χ2n) is 2.47. The van der Waals surface area contributed by atoms with Gasteiger partial charge in [-0.3, -0.25) is 4.84 Å². The number of amides is 1. The molecule has 9 heteroatoms. The van der Waals surface area contributed by atoms with Crippen LogP contribution in [0.4, 0.5) is 4.79 Å². The molecule has 0 rings (SSSR count). The topological polar surface area (TPSA) is 77.0 Å². The van der Waals surface area contributed by atoms with Crippen molar-refractivity contribution in [2.24, 2.45) is 5.16 Å². The van der Waals surface area contributed by atoms with E-state index in [1.807, 2.05) is 6.26 Å². The van der Waals surface area contributed by atoms with Gasteiger partial charge in [-0.15, -0.1) is 11.8 Å². The Bertz CT molecular complexity index is 275. The van der Waals surface area contributed by atoms with Crippen molar-refractivity contribution in [3.05, 3.63) is 0 Å². The third-order valence-electron chi connectivity index (χ3n) is 1.27. The lowest BCUT2D eigenvalue weighted by atomic mass is 10.9. The van der Waals surface area contributed by atoms with E-state index in [2.05, 4.69) is 15.3 Å². The summed E-state index contributed by atoms with van der Waals surface area (Å²) in [5.41, 5.74) is 0. The molecule has 0 saturated carbocycles. The Morgan fingerprint density at radius 3 is 2.81 bits per heavy atom. The van der Waals surface area contributed by atoms with Crippen LogP contribution in [0, 0.1) is 0 Å². The van der Waals surface area contributed by atoms with Crippen LogP contribution in [0.2, 0.25) is 0 Å². The number of hydrogen-bond donors (Lipinski definition) is 1. The highest BCUT2D eigenvalue weighted by atomic mass is 32.7. The smallest absolute Gasteiger partial charge is 0.374 e. The third kappa shape index (κ3) is 9.08. The van der Waals surface area contributed by atoms with E-state index in [0.29, 0.717) is 11.0 Å². The van der Waals surface area contributed by atoms with E-state index in [-0.39, 0.29) is 6.29 Å². The van der Waals surface area contributed by atoms with E-state index < -0.39 is 13.1 Å². The van der Waals surface area contributed by atoms with Crippen molar-refractivity contribution >= 4 is 41.3 Å². The highest BCUT2D eigenvalue weighted by Crippen LogP contribution is 2.35. The molecule has 0 fully saturated rings. The van der Waals surface area contributed by atoms with Gasteiger partial charge in [0.15, 0.2) is 0 Å². The monoisotopic (exact) mass is 286 g/mol. The van der Waals surface area contributed by atoms with Gasteiger partial charge in [-0.25, -0.2) is 4.79 Å². The minimum Gasteiger partial charge on any atom is -0.374 e. The fraction of sp³-hybridized carbons (Fsp3) is 0.714. The van der Waals surface area contributed by atoms with Gasteiger partial charge in [-0.2, -0.15) is 0 Å². The summed E-state index contributed by atoms with van der Waals surface area (Å²) in [6, 6.07) is 0. The van der Waals surface area contributed by atoms with Gasteiger partial charge in [0.05, 0.1) is 12.2 Å². The van der Waals surface area contributed by atoms with Gasteiger partial charge in [-0.05, 0) is 13.2 Å². The number of hydrogen-bond acceptors (Lipinski definition) is 7. The van der Waals surface area contributed by atoms with Gasteiger partial charge in [-0.1, -0.05) is 16.5 Å². The van der Waals surface area contributed by atoms with E-state index >= 15 is 0 Å². The summed E-state index contributed by atoms with van der Waals surface area (Å²) < 4.78 is 16.0. The van der Waals surface area contributed by atoms with Crippen LogP contribution in [0.1, 0.15) is 6.92 Å². The molecule has 94 valence electrons. The number of nitrogens with one attached hydrogen (secondary N) is 1. The van der Waals surface area contributed by atoms with Crippen LogP contribution >= 0.6 is 30.1 Å². The highest BCUT2D eigenvalue weighted by molar-refractivity contribution is 8.51. The summed E-state index contributed by atoms with van der Waals surface area (Å²) in [6.07, 6.45) is 1.19. The van der Waals surface area contributed by atoms with Crippen LogP contribution in [0.15, 0.2) is 5.16 Å². The first-order valence-corrected chi connectivity index (χ1v) is 8.83. The first-order valence-electron chi connectivity index (χ1n) is 4.28. The SMILES string of the molecule is COCS[PH](=O)CNC(=O)ON=C(C)SC. The van der Waals surface area contributed by atoms with E-state index in [1.54, 1.807) is 6.92 Å². The number of ether oxygens (including phenoxy) is 1. The lowest BCUT2D eigenvalue weighted by Gasteiger charge is -2.02. The summed E-state index contributed by atoms with van der Waals surface area (Å²) in [7, 11) is -0.397. The highest BCUT2D eigenvalue weighted by Gasteiger charge is 2.05. The largest absolute Gasteiger partial charge is 0.433 e. The molecule has 0 spiro atoms. The molecule has 0 aliphatic rings. The number of nitrogens with zero attached hydrogens (tertiary/aromatic N) is 1. The average Bonchev–Trinajstić information content (AvgIpc) is 2.30. The molecule has 0 heterocycles. The third-order valence-corrected chi connectivity index (χ3v) is 4.83. The Labute approximate surface area is 103 Å². The molecule has 1 atom stereocenters. The molecule has 0 aromatic carbocycles. The first-order chi connectivity index (χ1) is 7.60. The lowest BCUT2D eigenvalue weighted by molar-refractivity contribution is 0.153. The molecule has 0 aliphatic heterocycles. The van der Waals surface area contributed by atoms with Gasteiger partial charge < -0.3 is 14.6 Å². The van der Waals surface area contributed by atoms with Crippen molar-refractivity contribution in [1.82, 2.24) is 5.32 Å². The van der Waals surface area contributed by atoms with Gasteiger partial charge in [0.1, 0.15) is 12.0 Å². The van der Waals surface area contributed by atoms with E-state index in [0.717, 1.165) is 11.4 Å². The van der Waals surface area contributed by atoms with E-state index in [4.69, 9.17) is 4.74 Å². The molecule has 0 radical (unpaired) electrons. The predicted molar refractivity (Wildman–Crippen MR) is 69.6 cm³/mol. The zero-order chi connectivity index (χ0) is 12.4. The van der Waals surface area contributed by atoms with Gasteiger partial charge in [0.25, 0.3) is 0 Å². The van der Waals surface area contributed by atoms with Gasteiger partial charge in [0.2, 0.25) is 0 Å². The molecule has 6 nitrogen and oxygen atoms in total. The van der Waals surface area contributed by atoms with Crippen molar-refractivity contribution in [2.45, 2.75) is 6.92 Å². The number of oxime groups is 1. The van der Waals surface area contributed by atoms with Crippen LogP contribution in [-0.2, 0) is 14.1 Å². The summed E-state index contributed by atoms with van der Waals surface area (Å²) >= 11 is 2.53. The minimum atomic E-state index is -1.91. The number of carbonyl (C=O) groups excluding carboxylic acids is 1. The molecule has 0 aromatic rings. The summed E-state index contributed by atoms with van der Waals surface area (Å²) in [5.74, 6) is 0.345. The average molecular weight is 286 g/mol. The Morgan fingerprint density at radius 1 is 1.56 bits per heavy atom. The summed E-state index contributed by atoms with van der Waals surface area (Å²) in [5, 5.41) is 6.51. The molecule has 1 unspecified atom stereocenters. The molecular formula is C7H15N2O4PS2. The van der Waals surface area contributed by atoms with Crippen molar-refractivity contribution in [3.63, 3.8) is 0 Å². The van der Waals surface area contributed by atoms with Crippen molar-refractivity contribution < 1.29 is 18.9 Å². The zero-order valence-corrected chi connectivity index (χ0v) is 11.9. The molecule has 0 bridgehead atoms. The summed E-state index contributed by atoms with van der Waals surface area (Å²) in [6.45, 7) is 1.72. The van der Waals surface area contributed by atoms with Crippen LogP contribution < -0.4 is 5.32 Å². The normalized spacial score (nSPS) is 13.3. The lowest BCUT2D eigenvalue weighted by Crippen LogP contribution is -2.21. The van der Waals surface area contributed by atoms with Gasteiger partial charge in [0, 0.05) is 7.11 Å². The molecule has 0 aliphatic carbocycles. The van der Waals surface area contributed by atoms with E-state index in [9.17, 15) is 9.36 Å². The maximum atomic E-state index is 11.3. The molecule has 1 amide bonds. The molecular weight excluding hydrogens is 271 g/mol. The second-order valence-corrected chi connectivity index (χ2v) is 7.32. The minimum absolute atomic E-state index is 0.0748. The zero-order valence-electron chi connectivity index (χ0n) is 9.31. The van der Waals surface area contributed by atoms with Crippen LogP contribution in [0.5, 0.6) is 0 Å². The predicted octanol–water partition coefficient (Wildman–Crippen LogP) is 2.18. The standard InChI is InChI=1S/C7H15N2O4PS2/c1-6(15-3)9-13-7(10)8-4-14(11)16-5-12-2/h14H,4-5H2,1-3H3,(H,8,10). The number of methoxy groups -OCH3 is 1. The van der Waals surface area contributed by atoms with Crippen LogP contribution in [0.25, 0.3) is 0 Å². The fourth-order valence-electron chi connectivity index (χ4n) is 0.495. The summed E-state index contributed by atoms with van der Waals surface area (Å²) in [4.78, 5) is 15.5. The van der Waals surface area contributed by atoms with Crippen LogP contribution in [-0.4, -0.2) is 36.7 Å². The van der Waals surface area contributed by atoms with Crippen molar-refractivity contribution in [3.8, 4) is 0 Å². The van der Waals surface area contributed by atoms with Crippen molar-refractivity contribution in [2.75, 3.05) is 25.6 Å². The Kier molecular flexibility index (Phi) is 9.91. The van der Waals surface area contributed by atoms with Crippen molar-refractivity contribution in [1.29, 1.82) is 0 Å². The quantitative estimate of drug-likeness (QED) is 0.201. The van der Waals surface area contributed by atoms with E-state index in [1.165, 1.54) is 18.9 Å². The maximum absolute atomic E-state index is 11.3. The first kappa shape index (κ1) is 15.8. The Balaban J connectivity index is 3.69. The second kappa shape index (κ2) is 10.0. The molecule has 0 saturated heterocycles. The van der Waals surface area contributed by atoms with Crippen LogP contribution in [0.3, 0.4) is 0 Å². The number of carbonyl (C=O) groups is 1.